The van der Waals surface area contributed by atoms with Crippen LogP contribution >= 0.6 is 0 Å². The molecule has 1 fully saturated rings. The minimum Gasteiger partial charge on any atom is -0.478 e. The molecule has 2 heterocycles. The van der Waals surface area contributed by atoms with E-state index >= 15 is 0 Å². The SMILES string of the molecule is CCn1ccnc1CN1CCC(Oc2ccc3ccccc3c2)(C(=O)O)CC1. The van der Waals surface area contributed by atoms with Gasteiger partial charge in [0.15, 0.2) is 0 Å². The first-order valence-corrected chi connectivity index (χ1v) is 9.73. The Bertz CT molecular complexity index is 974. The summed E-state index contributed by atoms with van der Waals surface area (Å²) in [7, 11) is 0. The Morgan fingerprint density at radius 2 is 1.93 bits per heavy atom. The van der Waals surface area contributed by atoms with Gasteiger partial charge >= 0.3 is 5.97 Å². The molecule has 1 N–H and O–H groups in total. The van der Waals surface area contributed by atoms with E-state index in [4.69, 9.17) is 4.74 Å². The van der Waals surface area contributed by atoms with Crippen LogP contribution in [0, 0.1) is 0 Å². The predicted octanol–water partition coefficient (Wildman–Crippen LogP) is 3.55. The van der Waals surface area contributed by atoms with Crippen molar-refractivity contribution < 1.29 is 14.6 Å². The molecule has 6 heteroatoms. The fourth-order valence-electron chi connectivity index (χ4n) is 3.87. The van der Waals surface area contributed by atoms with Crippen molar-refractivity contribution in [2.24, 2.45) is 0 Å². The zero-order chi connectivity index (χ0) is 19.6. The highest BCUT2D eigenvalue weighted by Gasteiger charge is 2.44. The molecule has 1 aromatic heterocycles. The summed E-state index contributed by atoms with van der Waals surface area (Å²) in [4.78, 5) is 18.8. The first kappa shape index (κ1) is 18.5. The van der Waals surface area contributed by atoms with Crippen molar-refractivity contribution in [3.63, 3.8) is 0 Å². The van der Waals surface area contributed by atoms with Gasteiger partial charge in [-0.15, -0.1) is 0 Å². The highest BCUT2D eigenvalue weighted by molar-refractivity contribution is 5.84. The largest absolute Gasteiger partial charge is 0.478 e. The molecule has 0 radical (unpaired) electrons. The van der Waals surface area contributed by atoms with E-state index in [0.29, 0.717) is 31.7 Å². The molecule has 0 saturated carbocycles. The quantitative estimate of drug-likeness (QED) is 0.709. The maximum absolute atomic E-state index is 12.1. The second kappa shape index (κ2) is 7.64. The molecule has 0 aliphatic carbocycles. The number of aromatic nitrogens is 2. The normalized spacial score (nSPS) is 16.9. The average Bonchev–Trinajstić information content (AvgIpc) is 3.16. The Labute approximate surface area is 164 Å². The Balaban J connectivity index is 1.47. The number of carboxylic acids is 1. The van der Waals surface area contributed by atoms with Crippen LogP contribution < -0.4 is 4.74 Å². The van der Waals surface area contributed by atoms with Crippen molar-refractivity contribution in [2.75, 3.05) is 13.1 Å². The van der Waals surface area contributed by atoms with Gasteiger partial charge in [0, 0.05) is 44.9 Å². The van der Waals surface area contributed by atoms with Crippen molar-refractivity contribution in [1.82, 2.24) is 14.5 Å². The predicted molar refractivity (Wildman–Crippen MR) is 107 cm³/mol. The molecule has 4 rings (SSSR count). The first-order chi connectivity index (χ1) is 13.6. The van der Waals surface area contributed by atoms with Crippen LogP contribution in [0.5, 0.6) is 5.75 Å². The number of ether oxygens (including phenoxy) is 1. The molecule has 0 amide bonds. The van der Waals surface area contributed by atoms with Crippen LogP contribution in [0.15, 0.2) is 54.9 Å². The van der Waals surface area contributed by atoms with E-state index in [1.807, 2.05) is 54.9 Å². The Kier molecular flexibility index (Phi) is 5.05. The van der Waals surface area contributed by atoms with Gasteiger partial charge in [-0.05, 0) is 29.8 Å². The monoisotopic (exact) mass is 379 g/mol. The van der Waals surface area contributed by atoms with E-state index in [-0.39, 0.29) is 0 Å². The lowest BCUT2D eigenvalue weighted by molar-refractivity contribution is -0.159. The summed E-state index contributed by atoms with van der Waals surface area (Å²) in [6.45, 7) is 5.03. The van der Waals surface area contributed by atoms with Gasteiger partial charge in [-0.25, -0.2) is 9.78 Å². The van der Waals surface area contributed by atoms with Crippen LogP contribution in [-0.4, -0.2) is 44.2 Å². The number of hydrogen-bond acceptors (Lipinski definition) is 4. The molecule has 0 unspecified atom stereocenters. The number of fused-ring (bicyclic) bond motifs is 1. The third-order valence-electron chi connectivity index (χ3n) is 5.60. The highest BCUT2D eigenvalue weighted by atomic mass is 16.5. The Hall–Kier alpha value is -2.86. The molecule has 1 aliphatic heterocycles. The lowest BCUT2D eigenvalue weighted by Crippen LogP contribution is -2.53. The van der Waals surface area contributed by atoms with Gasteiger partial charge in [0.1, 0.15) is 11.6 Å². The van der Waals surface area contributed by atoms with E-state index in [1.54, 1.807) is 0 Å². The number of benzene rings is 2. The standard InChI is InChI=1S/C22H25N3O3/c1-2-25-14-11-23-20(25)16-24-12-9-22(10-13-24,21(26)27)28-19-8-7-17-5-3-4-6-18(17)15-19/h3-8,11,14-15H,2,9-10,12-13,16H2,1H3,(H,26,27). The molecular weight excluding hydrogens is 354 g/mol. The molecule has 2 aromatic carbocycles. The van der Waals surface area contributed by atoms with Crippen LogP contribution in [-0.2, 0) is 17.9 Å². The third kappa shape index (κ3) is 3.60. The van der Waals surface area contributed by atoms with E-state index in [0.717, 1.165) is 29.7 Å². The molecule has 0 bridgehead atoms. The summed E-state index contributed by atoms with van der Waals surface area (Å²) >= 11 is 0. The summed E-state index contributed by atoms with van der Waals surface area (Å²) in [6.07, 6.45) is 4.68. The minimum absolute atomic E-state index is 0.446. The third-order valence-corrected chi connectivity index (χ3v) is 5.60. The maximum Gasteiger partial charge on any atom is 0.348 e. The Morgan fingerprint density at radius 1 is 1.18 bits per heavy atom. The number of imidazole rings is 1. The van der Waals surface area contributed by atoms with Gasteiger partial charge in [-0.3, -0.25) is 4.90 Å². The number of nitrogens with zero attached hydrogens (tertiary/aromatic N) is 3. The number of aryl methyl sites for hydroxylation is 1. The molecule has 6 nitrogen and oxygen atoms in total. The van der Waals surface area contributed by atoms with Crippen molar-refractivity contribution in [2.45, 2.75) is 38.5 Å². The number of aliphatic carboxylic acids is 1. The second-order valence-electron chi connectivity index (χ2n) is 7.32. The summed E-state index contributed by atoms with van der Waals surface area (Å²) in [5.41, 5.74) is -1.18. The molecule has 0 spiro atoms. The fourth-order valence-corrected chi connectivity index (χ4v) is 3.87. The first-order valence-electron chi connectivity index (χ1n) is 9.73. The topological polar surface area (TPSA) is 67.6 Å². The maximum atomic E-state index is 12.1. The summed E-state index contributed by atoms with van der Waals surface area (Å²) in [5, 5.41) is 12.1. The number of piperidine rings is 1. The number of rotatable bonds is 6. The number of hydrogen-bond donors (Lipinski definition) is 1. The molecule has 1 saturated heterocycles. The number of likely N-dealkylation sites (tertiary alicyclic amines) is 1. The van der Waals surface area contributed by atoms with Crippen LogP contribution in [0.3, 0.4) is 0 Å². The molecule has 28 heavy (non-hydrogen) atoms. The van der Waals surface area contributed by atoms with E-state index in [2.05, 4.69) is 21.4 Å². The molecule has 3 aromatic rings. The van der Waals surface area contributed by atoms with Crippen LogP contribution in [0.2, 0.25) is 0 Å². The van der Waals surface area contributed by atoms with Crippen LogP contribution in [0.25, 0.3) is 10.8 Å². The van der Waals surface area contributed by atoms with Crippen molar-refractivity contribution in [3.05, 3.63) is 60.7 Å². The van der Waals surface area contributed by atoms with Crippen molar-refractivity contribution in [3.8, 4) is 5.75 Å². The highest BCUT2D eigenvalue weighted by Crippen LogP contribution is 2.31. The van der Waals surface area contributed by atoms with Gasteiger partial charge in [-0.1, -0.05) is 30.3 Å². The smallest absolute Gasteiger partial charge is 0.348 e. The number of carboxylic acid groups (broad SMARTS) is 1. The van der Waals surface area contributed by atoms with E-state index in [1.165, 1.54) is 0 Å². The van der Waals surface area contributed by atoms with Crippen molar-refractivity contribution in [1.29, 1.82) is 0 Å². The molecular formula is C22H25N3O3. The molecule has 146 valence electrons. The van der Waals surface area contributed by atoms with Gasteiger partial charge in [0.05, 0.1) is 6.54 Å². The lowest BCUT2D eigenvalue weighted by Gasteiger charge is -2.38. The zero-order valence-corrected chi connectivity index (χ0v) is 16.0. The van der Waals surface area contributed by atoms with Gasteiger partial charge < -0.3 is 14.4 Å². The van der Waals surface area contributed by atoms with Gasteiger partial charge in [-0.2, -0.15) is 0 Å². The zero-order valence-electron chi connectivity index (χ0n) is 16.0. The second-order valence-corrected chi connectivity index (χ2v) is 7.32. The Morgan fingerprint density at radius 3 is 2.64 bits per heavy atom. The molecule has 0 atom stereocenters. The van der Waals surface area contributed by atoms with Crippen LogP contribution in [0.4, 0.5) is 0 Å². The minimum atomic E-state index is -1.18. The van der Waals surface area contributed by atoms with Gasteiger partial charge in [0.25, 0.3) is 0 Å². The van der Waals surface area contributed by atoms with Crippen LogP contribution in [0.1, 0.15) is 25.6 Å². The summed E-state index contributed by atoms with van der Waals surface area (Å²) < 4.78 is 8.21. The summed E-state index contributed by atoms with van der Waals surface area (Å²) in [5.74, 6) is 0.729. The number of carbonyl (C=O) groups is 1. The molecule has 1 aliphatic rings. The lowest BCUT2D eigenvalue weighted by atomic mass is 9.91. The van der Waals surface area contributed by atoms with Crippen molar-refractivity contribution >= 4 is 16.7 Å². The summed E-state index contributed by atoms with van der Waals surface area (Å²) in [6, 6.07) is 13.7. The average molecular weight is 379 g/mol. The fraction of sp³-hybridized carbons (Fsp3) is 0.364. The van der Waals surface area contributed by atoms with E-state index < -0.39 is 11.6 Å². The van der Waals surface area contributed by atoms with Gasteiger partial charge in [0.2, 0.25) is 5.60 Å². The van der Waals surface area contributed by atoms with E-state index in [9.17, 15) is 9.90 Å².